The Hall–Kier alpha value is -0.0800. The van der Waals surface area contributed by atoms with E-state index in [4.69, 9.17) is 0 Å². The van der Waals surface area contributed by atoms with E-state index in [9.17, 15) is 0 Å². The maximum Gasteiger partial charge on any atom is 0.00723 e. The van der Waals surface area contributed by atoms with E-state index in [1.54, 1.807) is 0 Å². The molecule has 0 radical (unpaired) electrons. The van der Waals surface area contributed by atoms with Gasteiger partial charge in [0.15, 0.2) is 0 Å². The zero-order chi connectivity index (χ0) is 13.1. The summed E-state index contributed by atoms with van der Waals surface area (Å²) in [6, 6.07) is 0.736. The predicted molar refractivity (Wildman–Crippen MR) is 76.4 cm³/mol. The van der Waals surface area contributed by atoms with Crippen molar-refractivity contribution in [1.29, 1.82) is 0 Å². The van der Waals surface area contributed by atoms with E-state index in [-0.39, 0.29) is 0 Å². The summed E-state index contributed by atoms with van der Waals surface area (Å²) in [5.74, 6) is 0. The zero-order valence-corrected chi connectivity index (χ0v) is 12.8. The summed E-state index contributed by atoms with van der Waals surface area (Å²) in [5.41, 5.74) is 0.909. The van der Waals surface area contributed by atoms with Crippen LogP contribution < -0.4 is 5.32 Å². The molecule has 0 aromatic rings. The fraction of sp³-hybridized carbons (Fsp3) is 1.00. The molecular formula is C15H32N2. The van der Waals surface area contributed by atoms with Crippen LogP contribution >= 0.6 is 0 Å². The number of hydrogen-bond acceptors (Lipinski definition) is 2. The van der Waals surface area contributed by atoms with Gasteiger partial charge in [-0.2, -0.15) is 0 Å². The molecule has 0 aromatic carbocycles. The lowest BCUT2D eigenvalue weighted by Gasteiger charge is -2.38. The lowest BCUT2D eigenvalue weighted by Crippen LogP contribution is -2.44. The second kappa shape index (κ2) is 5.71. The molecule has 1 saturated carbocycles. The highest BCUT2D eigenvalue weighted by molar-refractivity contribution is 4.85. The minimum Gasteiger partial charge on any atom is -0.313 e. The second-order valence-electron chi connectivity index (χ2n) is 7.74. The summed E-state index contributed by atoms with van der Waals surface area (Å²) in [6.45, 7) is 11.8. The van der Waals surface area contributed by atoms with E-state index in [0.29, 0.717) is 10.8 Å². The molecule has 2 nitrogen and oxygen atoms in total. The smallest absolute Gasteiger partial charge is 0.00723 e. The average Bonchev–Trinajstić information content (AvgIpc) is 2.11. The van der Waals surface area contributed by atoms with E-state index < -0.39 is 0 Å². The standard InChI is InChI=1S/C15H32N2/c1-14(2)9-7-8-13(10-14)16-11-15(3,4)12-17(5)6/h13,16H,7-12H2,1-6H3. The number of rotatable bonds is 5. The molecule has 1 N–H and O–H groups in total. The molecule has 1 aliphatic rings. The minimum absolute atomic E-state index is 0.366. The van der Waals surface area contributed by atoms with Gasteiger partial charge >= 0.3 is 0 Å². The molecule has 102 valence electrons. The van der Waals surface area contributed by atoms with Gasteiger partial charge in [0.05, 0.1) is 0 Å². The summed E-state index contributed by atoms with van der Waals surface area (Å²) < 4.78 is 0. The SMILES string of the molecule is CN(C)CC(C)(C)CNC1CCCC(C)(C)C1. The molecule has 0 saturated heterocycles. The van der Waals surface area contributed by atoms with Crippen molar-refractivity contribution in [2.24, 2.45) is 10.8 Å². The summed E-state index contributed by atoms with van der Waals surface area (Å²) >= 11 is 0. The van der Waals surface area contributed by atoms with Crippen molar-refractivity contribution in [3.63, 3.8) is 0 Å². The Bertz CT molecular complexity index is 231. The Morgan fingerprint density at radius 1 is 1.29 bits per heavy atom. The second-order valence-corrected chi connectivity index (χ2v) is 7.74. The first-order chi connectivity index (χ1) is 7.70. The molecular weight excluding hydrogens is 208 g/mol. The molecule has 0 bridgehead atoms. The first-order valence-electron chi connectivity index (χ1n) is 7.08. The van der Waals surface area contributed by atoms with Crippen molar-refractivity contribution >= 4 is 0 Å². The third-order valence-electron chi connectivity index (χ3n) is 3.82. The molecule has 0 aromatic heterocycles. The number of nitrogens with zero attached hydrogens (tertiary/aromatic N) is 1. The van der Waals surface area contributed by atoms with E-state index in [2.05, 4.69) is 52.0 Å². The van der Waals surface area contributed by atoms with Crippen molar-refractivity contribution in [1.82, 2.24) is 10.2 Å². The Balaban J connectivity index is 2.35. The fourth-order valence-electron chi connectivity index (χ4n) is 3.20. The number of nitrogens with one attached hydrogen (secondary N) is 1. The van der Waals surface area contributed by atoms with E-state index >= 15 is 0 Å². The first kappa shape index (κ1) is 15.0. The molecule has 1 atom stereocenters. The molecule has 2 heteroatoms. The van der Waals surface area contributed by atoms with Crippen LogP contribution in [-0.2, 0) is 0 Å². The summed E-state index contributed by atoms with van der Waals surface area (Å²) in [7, 11) is 4.32. The van der Waals surface area contributed by atoms with Crippen molar-refractivity contribution in [2.75, 3.05) is 27.2 Å². The van der Waals surface area contributed by atoms with Gasteiger partial charge in [-0.1, -0.05) is 34.1 Å². The van der Waals surface area contributed by atoms with Crippen molar-refractivity contribution in [3.8, 4) is 0 Å². The van der Waals surface area contributed by atoms with Crippen LogP contribution in [0.3, 0.4) is 0 Å². The maximum absolute atomic E-state index is 3.80. The first-order valence-corrected chi connectivity index (χ1v) is 7.08. The largest absolute Gasteiger partial charge is 0.313 e. The minimum atomic E-state index is 0.366. The molecule has 1 aliphatic carbocycles. The monoisotopic (exact) mass is 240 g/mol. The van der Waals surface area contributed by atoms with E-state index in [0.717, 1.165) is 19.1 Å². The van der Waals surface area contributed by atoms with Gasteiger partial charge in [0, 0.05) is 19.1 Å². The quantitative estimate of drug-likeness (QED) is 0.794. The molecule has 17 heavy (non-hydrogen) atoms. The van der Waals surface area contributed by atoms with Gasteiger partial charge in [0.1, 0.15) is 0 Å². The van der Waals surface area contributed by atoms with Gasteiger partial charge in [0.2, 0.25) is 0 Å². The average molecular weight is 240 g/mol. The van der Waals surface area contributed by atoms with Crippen LogP contribution in [0.25, 0.3) is 0 Å². The summed E-state index contributed by atoms with van der Waals surface area (Å²) in [6.07, 6.45) is 5.48. The maximum atomic E-state index is 3.80. The molecule has 1 rings (SSSR count). The number of hydrogen-bond donors (Lipinski definition) is 1. The molecule has 1 fully saturated rings. The highest BCUT2D eigenvalue weighted by Gasteiger charge is 2.29. The van der Waals surface area contributed by atoms with Crippen molar-refractivity contribution < 1.29 is 0 Å². The summed E-state index contributed by atoms with van der Waals surface area (Å²) in [5, 5.41) is 3.80. The van der Waals surface area contributed by atoms with Gasteiger partial charge in [0.25, 0.3) is 0 Å². The van der Waals surface area contributed by atoms with Gasteiger partial charge in [-0.25, -0.2) is 0 Å². The van der Waals surface area contributed by atoms with Crippen LogP contribution in [0.1, 0.15) is 53.4 Å². The Kier molecular flexibility index (Phi) is 5.03. The fourth-order valence-corrected chi connectivity index (χ4v) is 3.20. The highest BCUT2D eigenvalue weighted by atomic mass is 15.1. The Morgan fingerprint density at radius 2 is 1.94 bits per heavy atom. The normalized spacial score (nSPS) is 25.2. The third kappa shape index (κ3) is 5.87. The van der Waals surface area contributed by atoms with Gasteiger partial charge in [-0.15, -0.1) is 0 Å². The van der Waals surface area contributed by atoms with E-state index in [1.165, 1.54) is 25.7 Å². The van der Waals surface area contributed by atoms with Crippen LogP contribution in [0, 0.1) is 10.8 Å². The van der Waals surface area contributed by atoms with Crippen LogP contribution in [0.4, 0.5) is 0 Å². The summed E-state index contributed by atoms with van der Waals surface area (Å²) in [4.78, 5) is 2.28. The third-order valence-corrected chi connectivity index (χ3v) is 3.82. The van der Waals surface area contributed by atoms with Crippen molar-refractivity contribution in [3.05, 3.63) is 0 Å². The predicted octanol–water partition coefficient (Wildman–Crippen LogP) is 3.13. The lowest BCUT2D eigenvalue weighted by molar-refractivity contribution is 0.172. The van der Waals surface area contributed by atoms with Gasteiger partial charge in [-0.05, 0) is 44.2 Å². The molecule has 0 heterocycles. The highest BCUT2D eigenvalue weighted by Crippen LogP contribution is 2.35. The molecule has 0 spiro atoms. The van der Waals surface area contributed by atoms with Crippen LogP contribution in [-0.4, -0.2) is 38.1 Å². The molecule has 0 aliphatic heterocycles. The zero-order valence-electron chi connectivity index (χ0n) is 12.8. The van der Waals surface area contributed by atoms with Crippen molar-refractivity contribution in [2.45, 2.75) is 59.4 Å². The van der Waals surface area contributed by atoms with Crippen LogP contribution in [0.2, 0.25) is 0 Å². The lowest BCUT2D eigenvalue weighted by atomic mass is 9.75. The van der Waals surface area contributed by atoms with Crippen LogP contribution in [0.15, 0.2) is 0 Å². The van der Waals surface area contributed by atoms with Gasteiger partial charge in [-0.3, -0.25) is 0 Å². The Morgan fingerprint density at radius 3 is 2.47 bits per heavy atom. The topological polar surface area (TPSA) is 15.3 Å². The molecule has 1 unspecified atom stereocenters. The van der Waals surface area contributed by atoms with Gasteiger partial charge < -0.3 is 10.2 Å². The van der Waals surface area contributed by atoms with Crippen LogP contribution in [0.5, 0.6) is 0 Å². The molecule has 0 amide bonds. The van der Waals surface area contributed by atoms with E-state index in [1.807, 2.05) is 0 Å². The Labute approximate surface area is 108 Å².